The van der Waals surface area contributed by atoms with Gasteiger partial charge in [0, 0.05) is 5.56 Å². The maximum absolute atomic E-state index is 13.0. The lowest BCUT2D eigenvalue weighted by Gasteiger charge is -2.15. The van der Waals surface area contributed by atoms with Gasteiger partial charge in [0.2, 0.25) is 0 Å². The van der Waals surface area contributed by atoms with Gasteiger partial charge in [-0.05, 0) is 42.7 Å². The smallest absolute Gasteiger partial charge is 0.255 e. The third-order valence-corrected chi connectivity index (χ3v) is 3.89. The molecule has 0 aliphatic carbocycles. The minimum absolute atomic E-state index is 0.115. The van der Waals surface area contributed by atoms with E-state index in [-0.39, 0.29) is 24.4 Å². The normalized spacial score (nSPS) is 12.1. The van der Waals surface area contributed by atoms with Crippen LogP contribution in [-0.4, -0.2) is 45.9 Å². The second-order valence-electron chi connectivity index (χ2n) is 4.80. The van der Waals surface area contributed by atoms with Crippen molar-refractivity contribution in [1.82, 2.24) is 15.5 Å². The van der Waals surface area contributed by atoms with Crippen molar-refractivity contribution in [3.05, 3.63) is 41.8 Å². The molecule has 3 N–H and O–H groups in total. The number of benzene rings is 1. The van der Waals surface area contributed by atoms with E-state index in [1.807, 2.05) is 6.26 Å². The highest BCUT2D eigenvalue weighted by atomic mass is 32.2. The fourth-order valence-electron chi connectivity index (χ4n) is 2.03. The molecule has 0 radical (unpaired) electrons. The molecular weight excluding hydrogens is 305 g/mol. The Morgan fingerprint density at radius 2 is 2.18 bits per heavy atom. The van der Waals surface area contributed by atoms with Gasteiger partial charge in [0.05, 0.1) is 30.1 Å². The Hall–Kier alpha value is -1.86. The summed E-state index contributed by atoms with van der Waals surface area (Å²) in [5, 5.41) is 18.8. The second-order valence-corrected chi connectivity index (χ2v) is 5.79. The number of carbonyl (C=O) groups is 1. The van der Waals surface area contributed by atoms with Crippen molar-refractivity contribution in [2.24, 2.45) is 0 Å². The number of aliphatic hydroxyl groups excluding tert-OH is 1. The Balaban J connectivity index is 2.14. The third-order valence-electron chi connectivity index (χ3n) is 3.24. The molecule has 22 heavy (non-hydrogen) atoms. The molecule has 0 bridgehead atoms. The lowest BCUT2D eigenvalue weighted by molar-refractivity contribution is 0.0916. The van der Waals surface area contributed by atoms with Crippen LogP contribution in [0.3, 0.4) is 0 Å². The first-order valence-corrected chi connectivity index (χ1v) is 8.25. The van der Waals surface area contributed by atoms with E-state index < -0.39 is 0 Å². The molecule has 118 valence electrons. The number of halogens is 1. The maximum Gasteiger partial charge on any atom is 0.255 e. The van der Waals surface area contributed by atoms with E-state index in [1.165, 1.54) is 18.3 Å². The number of hydrogen-bond donors (Lipinski definition) is 3. The number of rotatable bonds is 7. The molecule has 0 fully saturated rings. The van der Waals surface area contributed by atoms with Crippen molar-refractivity contribution in [1.29, 1.82) is 0 Å². The summed E-state index contributed by atoms with van der Waals surface area (Å²) in [6, 6.07) is 5.52. The molecule has 1 aromatic heterocycles. The summed E-state index contributed by atoms with van der Waals surface area (Å²) in [6.07, 6.45) is 4.09. The first-order valence-electron chi connectivity index (χ1n) is 6.85. The summed E-state index contributed by atoms with van der Waals surface area (Å²) >= 11 is 1.65. The standard InChI is InChI=1S/C15H18FN3O2S/c1-22-7-6-12(9-20)18-15(21)13-8-17-19-14(13)10-2-4-11(16)5-3-10/h2-5,8,12,20H,6-7,9H2,1H3,(H,17,19)(H,18,21). The number of H-pyrrole nitrogens is 1. The molecule has 0 spiro atoms. The maximum atomic E-state index is 13.0. The van der Waals surface area contributed by atoms with Gasteiger partial charge in [-0.15, -0.1) is 0 Å². The number of aromatic nitrogens is 2. The molecule has 0 saturated carbocycles. The van der Waals surface area contributed by atoms with E-state index >= 15 is 0 Å². The molecule has 5 nitrogen and oxygen atoms in total. The summed E-state index contributed by atoms with van der Waals surface area (Å²) in [6.45, 7) is -0.115. The highest BCUT2D eigenvalue weighted by Crippen LogP contribution is 2.21. The predicted molar refractivity (Wildman–Crippen MR) is 85.3 cm³/mol. The van der Waals surface area contributed by atoms with Crippen LogP contribution in [0.15, 0.2) is 30.5 Å². The largest absolute Gasteiger partial charge is 0.394 e. The number of nitrogens with one attached hydrogen (secondary N) is 2. The Morgan fingerprint density at radius 1 is 1.45 bits per heavy atom. The number of hydrogen-bond acceptors (Lipinski definition) is 4. The van der Waals surface area contributed by atoms with Crippen molar-refractivity contribution in [2.45, 2.75) is 12.5 Å². The zero-order valence-corrected chi connectivity index (χ0v) is 13.0. The van der Waals surface area contributed by atoms with Crippen LogP contribution in [0, 0.1) is 5.82 Å². The first-order chi connectivity index (χ1) is 10.7. The van der Waals surface area contributed by atoms with Gasteiger partial charge >= 0.3 is 0 Å². The summed E-state index contributed by atoms with van der Waals surface area (Å²) in [5.74, 6) is 0.196. The molecule has 1 amide bonds. The van der Waals surface area contributed by atoms with Crippen LogP contribution in [0.5, 0.6) is 0 Å². The molecule has 1 atom stereocenters. The van der Waals surface area contributed by atoms with Gasteiger partial charge in [-0.3, -0.25) is 9.89 Å². The molecule has 7 heteroatoms. The number of aliphatic hydroxyl groups is 1. The lowest BCUT2D eigenvalue weighted by atomic mass is 10.1. The van der Waals surface area contributed by atoms with Gasteiger partial charge < -0.3 is 10.4 Å². The highest BCUT2D eigenvalue weighted by Gasteiger charge is 2.18. The zero-order chi connectivity index (χ0) is 15.9. The topological polar surface area (TPSA) is 78.0 Å². The number of amides is 1. The molecule has 1 unspecified atom stereocenters. The monoisotopic (exact) mass is 323 g/mol. The Kier molecular flexibility index (Phi) is 5.97. The van der Waals surface area contributed by atoms with Crippen LogP contribution in [0.1, 0.15) is 16.8 Å². The van der Waals surface area contributed by atoms with Gasteiger partial charge in [0.1, 0.15) is 5.82 Å². The predicted octanol–water partition coefficient (Wildman–Crippen LogP) is 2.06. The molecule has 2 rings (SSSR count). The van der Waals surface area contributed by atoms with Gasteiger partial charge in [-0.25, -0.2) is 4.39 Å². The average Bonchev–Trinajstić information content (AvgIpc) is 3.01. The number of thioether (sulfide) groups is 1. The minimum Gasteiger partial charge on any atom is -0.394 e. The quantitative estimate of drug-likeness (QED) is 0.729. The molecule has 2 aromatic rings. The Morgan fingerprint density at radius 3 is 2.82 bits per heavy atom. The SMILES string of the molecule is CSCCC(CO)NC(=O)c1cn[nH]c1-c1ccc(F)cc1. The van der Waals surface area contributed by atoms with Crippen LogP contribution in [0.2, 0.25) is 0 Å². The lowest BCUT2D eigenvalue weighted by Crippen LogP contribution is -2.38. The summed E-state index contributed by atoms with van der Waals surface area (Å²) < 4.78 is 13.0. The van der Waals surface area contributed by atoms with E-state index in [2.05, 4.69) is 15.5 Å². The first kappa shape index (κ1) is 16.5. The van der Waals surface area contributed by atoms with Crippen LogP contribution >= 0.6 is 11.8 Å². The van der Waals surface area contributed by atoms with E-state index in [9.17, 15) is 14.3 Å². The van der Waals surface area contributed by atoms with Crippen LogP contribution in [0.4, 0.5) is 4.39 Å². The van der Waals surface area contributed by atoms with Gasteiger partial charge in [0.15, 0.2) is 0 Å². The van der Waals surface area contributed by atoms with Crippen molar-refractivity contribution in [3.8, 4) is 11.3 Å². The van der Waals surface area contributed by atoms with Crippen molar-refractivity contribution < 1.29 is 14.3 Å². The van der Waals surface area contributed by atoms with Crippen LogP contribution in [0.25, 0.3) is 11.3 Å². The molecule has 1 heterocycles. The fourth-order valence-corrected chi connectivity index (χ4v) is 2.55. The second kappa shape index (κ2) is 7.95. The van der Waals surface area contributed by atoms with Crippen LogP contribution in [-0.2, 0) is 0 Å². The molecule has 0 aliphatic rings. The molecule has 1 aromatic carbocycles. The van der Waals surface area contributed by atoms with E-state index in [0.717, 1.165) is 5.75 Å². The van der Waals surface area contributed by atoms with Gasteiger partial charge in [0.25, 0.3) is 5.91 Å². The Bertz CT molecular complexity index is 616. The van der Waals surface area contributed by atoms with E-state index in [4.69, 9.17) is 0 Å². The Labute approximate surface area is 132 Å². The number of nitrogens with zero attached hydrogens (tertiary/aromatic N) is 1. The highest BCUT2D eigenvalue weighted by molar-refractivity contribution is 7.98. The zero-order valence-electron chi connectivity index (χ0n) is 12.2. The molecule has 0 saturated heterocycles. The molecular formula is C15H18FN3O2S. The summed E-state index contributed by atoms with van der Waals surface area (Å²) in [5.41, 5.74) is 1.57. The minimum atomic E-state index is -0.341. The van der Waals surface area contributed by atoms with Crippen molar-refractivity contribution in [3.63, 3.8) is 0 Å². The van der Waals surface area contributed by atoms with Gasteiger partial charge in [-0.2, -0.15) is 16.9 Å². The van der Waals surface area contributed by atoms with Crippen LogP contribution < -0.4 is 5.32 Å². The number of carbonyl (C=O) groups excluding carboxylic acids is 1. The van der Waals surface area contributed by atoms with E-state index in [1.54, 1.807) is 23.9 Å². The van der Waals surface area contributed by atoms with E-state index in [0.29, 0.717) is 23.2 Å². The fraction of sp³-hybridized carbons (Fsp3) is 0.333. The van der Waals surface area contributed by atoms with Gasteiger partial charge in [-0.1, -0.05) is 0 Å². The molecule has 0 aliphatic heterocycles. The number of aromatic amines is 1. The summed E-state index contributed by atoms with van der Waals surface area (Å²) in [4.78, 5) is 12.3. The summed E-state index contributed by atoms with van der Waals surface area (Å²) in [7, 11) is 0. The average molecular weight is 323 g/mol. The van der Waals surface area contributed by atoms with Crippen molar-refractivity contribution >= 4 is 17.7 Å². The van der Waals surface area contributed by atoms with Crippen molar-refractivity contribution in [2.75, 3.05) is 18.6 Å². The third kappa shape index (κ3) is 4.08.